The van der Waals surface area contributed by atoms with Crippen molar-refractivity contribution in [3.8, 4) is 0 Å². The minimum Gasteiger partial charge on any atom is -0.462 e. The maximum Gasteiger partial charge on any atom is 0.472 e. The quantitative estimate of drug-likeness (QED) is 0.0222. The minimum absolute atomic E-state index is 0.102. The molecule has 0 rings (SSSR count). The molecule has 17 nitrogen and oxygen atoms in total. The summed E-state index contributed by atoms with van der Waals surface area (Å²) in [5.74, 6) is 0.868. The van der Waals surface area contributed by atoms with Gasteiger partial charge in [-0.05, 0) is 49.4 Å². The van der Waals surface area contributed by atoms with Crippen LogP contribution in [-0.2, 0) is 65.4 Å². The van der Waals surface area contributed by atoms with Gasteiger partial charge in [-0.1, -0.05) is 280 Å². The molecular weight excluding hydrogens is 1150 g/mol. The maximum atomic E-state index is 13.0. The molecule has 0 radical (unpaired) electrons. The molecule has 0 amide bonds. The van der Waals surface area contributed by atoms with E-state index in [9.17, 15) is 43.2 Å². The van der Waals surface area contributed by atoms with Crippen LogP contribution in [0.5, 0.6) is 0 Å². The fraction of sp³-hybridized carbons (Fsp3) is 0.941. The number of unbranched alkanes of at least 4 members (excludes halogenated alkanes) is 29. The van der Waals surface area contributed by atoms with Gasteiger partial charge in [0.05, 0.1) is 26.4 Å². The Labute approximate surface area is 530 Å². The third kappa shape index (κ3) is 60.1. The van der Waals surface area contributed by atoms with Gasteiger partial charge < -0.3 is 33.8 Å². The van der Waals surface area contributed by atoms with Crippen LogP contribution in [-0.4, -0.2) is 96.7 Å². The van der Waals surface area contributed by atoms with E-state index in [1.54, 1.807) is 0 Å². The molecule has 5 unspecified atom stereocenters. The predicted molar refractivity (Wildman–Crippen MR) is 349 cm³/mol. The Kier molecular flexibility index (Phi) is 56.6. The molecular formula is C68H132O17P2. The smallest absolute Gasteiger partial charge is 0.462 e. The summed E-state index contributed by atoms with van der Waals surface area (Å²) in [5.41, 5.74) is 0. The highest BCUT2D eigenvalue weighted by molar-refractivity contribution is 7.47. The molecule has 0 aromatic heterocycles. The Morgan fingerprint density at radius 3 is 0.816 bits per heavy atom. The van der Waals surface area contributed by atoms with E-state index in [1.807, 2.05) is 0 Å². The highest BCUT2D eigenvalue weighted by Gasteiger charge is 2.30. The Morgan fingerprint density at radius 2 is 0.552 bits per heavy atom. The van der Waals surface area contributed by atoms with Gasteiger partial charge in [0.25, 0.3) is 0 Å². The van der Waals surface area contributed by atoms with Crippen molar-refractivity contribution in [1.29, 1.82) is 0 Å². The Morgan fingerprint density at radius 1 is 0.322 bits per heavy atom. The summed E-state index contributed by atoms with van der Waals surface area (Å²) in [6.45, 7) is 14.1. The molecule has 0 aromatic rings. The Balaban J connectivity index is 5.27. The Bertz CT molecular complexity index is 1730. The van der Waals surface area contributed by atoms with Crippen molar-refractivity contribution < 1.29 is 80.2 Å². The molecule has 516 valence electrons. The number of esters is 4. The number of carbonyl (C=O) groups is 4. The summed E-state index contributed by atoms with van der Waals surface area (Å²) < 4.78 is 68.2. The molecule has 3 N–H and O–H groups in total. The van der Waals surface area contributed by atoms with Crippen LogP contribution < -0.4 is 0 Å². The molecule has 0 heterocycles. The van der Waals surface area contributed by atoms with Crippen molar-refractivity contribution in [1.82, 2.24) is 0 Å². The number of carbonyl (C=O) groups excluding carboxylic acids is 4. The van der Waals surface area contributed by atoms with Gasteiger partial charge in [-0.2, -0.15) is 0 Å². The summed E-state index contributed by atoms with van der Waals surface area (Å²) in [7, 11) is -9.90. The van der Waals surface area contributed by atoms with Crippen LogP contribution in [0.15, 0.2) is 0 Å². The lowest BCUT2D eigenvalue weighted by atomic mass is 9.99. The second-order valence-electron chi connectivity index (χ2n) is 26.0. The first-order chi connectivity index (χ1) is 41.7. The lowest BCUT2D eigenvalue weighted by molar-refractivity contribution is -0.161. The molecule has 0 aliphatic carbocycles. The molecule has 0 aliphatic heterocycles. The average molecular weight is 1280 g/mol. The van der Waals surface area contributed by atoms with Crippen molar-refractivity contribution >= 4 is 39.5 Å². The van der Waals surface area contributed by atoms with E-state index in [2.05, 4.69) is 55.4 Å². The number of phosphoric acid groups is 2. The molecule has 0 fully saturated rings. The highest BCUT2D eigenvalue weighted by Crippen LogP contribution is 2.45. The van der Waals surface area contributed by atoms with E-state index < -0.39 is 97.5 Å². The molecule has 0 aliphatic rings. The summed E-state index contributed by atoms with van der Waals surface area (Å²) in [5, 5.41) is 10.6. The fourth-order valence-electron chi connectivity index (χ4n) is 10.1. The zero-order chi connectivity index (χ0) is 64.7. The van der Waals surface area contributed by atoms with Gasteiger partial charge in [-0.15, -0.1) is 0 Å². The number of phosphoric ester groups is 2. The van der Waals surface area contributed by atoms with Gasteiger partial charge >= 0.3 is 39.5 Å². The number of rotatable bonds is 65. The first-order valence-corrected chi connectivity index (χ1v) is 38.3. The molecule has 0 spiro atoms. The molecule has 0 bridgehead atoms. The van der Waals surface area contributed by atoms with Crippen molar-refractivity contribution in [2.45, 2.75) is 350 Å². The van der Waals surface area contributed by atoms with Crippen LogP contribution in [0.1, 0.15) is 331 Å². The van der Waals surface area contributed by atoms with Crippen LogP contribution in [0.3, 0.4) is 0 Å². The first-order valence-electron chi connectivity index (χ1n) is 35.3. The van der Waals surface area contributed by atoms with Gasteiger partial charge in [0.1, 0.15) is 19.3 Å². The minimum atomic E-state index is -4.95. The zero-order valence-electron chi connectivity index (χ0n) is 56.6. The topological polar surface area (TPSA) is 237 Å². The highest BCUT2D eigenvalue weighted by atomic mass is 31.2. The van der Waals surface area contributed by atoms with Crippen LogP contribution in [0, 0.1) is 23.7 Å². The van der Waals surface area contributed by atoms with E-state index in [0.717, 1.165) is 108 Å². The van der Waals surface area contributed by atoms with Gasteiger partial charge in [-0.3, -0.25) is 37.3 Å². The number of hydrogen-bond acceptors (Lipinski definition) is 15. The number of aliphatic hydroxyl groups excluding tert-OH is 1. The SMILES string of the molecule is CCC(C)CCCCCCCCCCCCC(=O)O[C@H](COC(=O)CCCCCCCCCCC(C)CC)COP(=O)(O)OCC(O)COP(=O)(O)OC[C@@H](COC(=O)CCCCCCCCCCC(C)C)OC(=O)CCCCCCCCCC(C)C. The van der Waals surface area contributed by atoms with Crippen LogP contribution in [0.4, 0.5) is 0 Å². The molecule has 0 saturated carbocycles. The van der Waals surface area contributed by atoms with Crippen molar-refractivity contribution in [3.05, 3.63) is 0 Å². The summed E-state index contributed by atoms with van der Waals surface area (Å²) in [6.07, 6.45) is 38.9. The Hall–Kier alpha value is -1.94. The number of ether oxygens (including phenoxy) is 4. The number of aliphatic hydroxyl groups is 1. The van der Waals surface area contributed by atoms with Crippen LogP contribution >= 0.6 is 15.6 Å². The van der Waals surface area contributed by atoms with E-state index in [-0.39, 0.29) is 25.7 Å². The third-order valence-corrected chi connectivity index (χ3v) is 18.2. The molecule has 19 heteroatoms. The monoisotopic (exact) mass is 1280 g/mol. The summed E-state index contributed by atoms with van der Waals surface area (Å²) in [6, 6.07) is 0. The molecule has 0 aromatic carbocycles. The third-order valence-electron chi connectivity index (χ3n) is 16.3. The van der Waals surface area contributed by atoms with Crippen molar-refractivity contribution in [2.24, 2.45) is 23.7 Å². The second kappa shape index (κ2) is 57.9. The second-order valence-corrected chi connectivity index (χ2v) is 28.9. The van der Waals surface area contributed by atoms with Crippen LogP contribution in [0.25, 0.3) is 0 Å². The summed E-state index contributed by atoms with van der Waals surface area (Å²) >= 11 is 0. The largest absolute Gasteiger partial charge is 0.472 e. The molecule has 87 heavy (non-hydrogen) atoms. The zero-order valence-corrected chi connectivity index (χ0v) is 58.4. The van der Waals surface area contributed by atoms with Crippen molar-refractivity contribution in [3.63, 3.8) is 0 Å². The maximum absolute atomic E-state index is 13.0. The molecule has 7 atom stereocenters. The predicted octanol–water partition coefficient (Wildman–Crippen LogP) is 18.9. The summed E-state index contributed by atoms with van der Waals surface area (Å²) in [4.78, 5) is 72.4. The van der Waals surface area contributed by atoms with Gasteiger partial charge in [-0.25, -0.2) is 9.13 Å². The fourth-order valence-corrected chi connectivity index (χ4v) is 11.7. The molecule has 0 saturated heterocycles. The first kappa shape index (κ1) is 85.1. The lowest BCUT2D eigenvalue weighted by Crippen LogP contribution is -2.30. The van der Waals surface area contributed by atoms with E-state index in [1.165, 1.54) is 135 Å². The van der Waals surface area contributed by atoms with E-state index in [4.69, 9.17) is 37.0 Å². The number of hydrogen-bond donors (Lipinski definition) is 3. The van der Waals surface area contributed by atoms with E-state index in [0.29, 0.717) is 31.6 Å². The normalized spacial score (nSPS) is 15.0. The lowest BCUT2D eigenvalue weighted by Gasteiger charge is -2.21. The van der Waals surface area contributed by atoms with Gasteiger partial charge in [0, 0.05) is 25.7 Å². The van der Waals surface area contributed by atoms with E-state index >= 15 is 0 Å². The van der Waals surface area contributed by atoms with Crippen LogP contribution in [0.2, 0.25) is 0 Å². The van der Waals surface area contributed by atoms with Crippen molar-refractivity contribution in [2.75, 3.05) is 39.6 Å². The van der Waals surface area contributed by atoms with Gasteiger partial charge in [0.2, 0.25) is 0 Å². The van der Waals surface area contributed by atoms with Gasteiger partial charge in [0.15, 0.2) is 12.2 Å². The standard InChI is InChI=1S/C68H132O17P2/c1-9-60(7)46-38-30-22-13-11-12-14-26-34-42-50-67(72)84-63(54-79-66(71)49-41-33-25-18-16-23-31-39-47-61(8)10-2)56-82-86(74,75)80-52-62(69)53-81-87(76,77)83-57-64(85-68(73)51-43-35-27-19-21-29-37-45-59(5)6)55-78-65(70)48-40-32-24-17-15-20-28-36-44-58(3)4/h58-64,69H,9-57H2,1-8H3,(H,74,75)(H,76,77)/t60?,61?,62?,63-,64-/m1/s1. The average Bonchev–Trinajstić information content (AvgIpc) is 3.70.